The van der Waals surface area contributed by atoms with Crippen LogP contribution in [0.25, 0.3) is 16.5 Å². The SMILES string of the molecule is C=C(C(Nc1ccc2c(N)nccc2c1)c1cc(CC)cc(OCC)c1F)N(/C=C(\N)c1ccccc1)CC(=O)NCc1cnc[nH]1. The minimum atomic E-state index is -0.849. The fraction of sp³-hybridized carbons (Fsp3) is 0.194. The number of benzene rings is 3. The summed E-state index contributed by atoms with van der Waals surface area (Å²) in [6.45, 7) is 8.61. The van der Waals surface area contributed by atoms with Crippen LogP contribution in [0.15, 0.2) is 104 Å². The van der Waals surface area contributed by atoms with Gasteiger partial charge in [0.15, 0.2) is 11.6 Å². The Morgan fingerprint density at radius 2 is 1.96 bits per heavy atom. The van der Waals surface area contributed by atoms with E-state index in [1.807, 2.05) is 68.4 Å². The van der Waals surface area contributed by atoms with E-state index in [-0.39, 0.29) is 24.7 Å². The third kappa shape index (κ3) is 7.88. The quantitative estimate of drug-likeness (QED) is 0.102. The van der Waals surface area contributed by atoms with E-state index >= 15 is 4.39 Å². The van der Waals surface area contributed by atoms with E-state index < -0.39 is 11.9 Å². The molecule has 0 radical (unpaired) electrons. The molecule has 5 rings (SSSR count). The van der Waals surface area contributed by atoms with Crippen LogP contribution in [0.5, 0.6) is 5.75 Å². The topological polar surface area (TPSA) is 147 Å². The highest BCUT2D eigenvalue weighted by molar-refractivity contribution is 5.93. The van der Waals surface area contributed by atoms with E-state index in [1.54, 1.807) is 42.0 Å². The van der Waals surface area contributed by atoms with Crippen LogP contribution in [0.2, 0.25) is 0 Å². The number of imidazole rings is 1. The number of carbonyl (C=O) groups excluding carboxylic acids is 1. The minimum Gasteiger partial charge on any atom is -0.491 e. The largest absolute Gasteiger partial charge is 0.491 e. The Hall–Kier alpha value is -5.84. The van der Waals surface area contributed by atoms with Crippen molar-refractivity contribution in [1.29, 1.82) is 0 Å². The molecule has 0 saturated heterocycles. The van der Waals surface area contributed by atoms with Gasteiger partial charge in [0.1, 0.15) is 12.4 Å². The first-order chi connectivity index (χ1) is 22.8. The number of fused-ring (bicyclic) bond motifs is 1. The maximum Gasteiger partial charge on any atom is 0.240 e. The summed E-state index contributed by atoms with van der Waals surface area (Å²) in [5, 5.41) is 8.02. The summed E-state index contributed by atoms with van der Waals surface area (Å²) < 4.78 is 22.1. The second-order valence-electron chi connectivity index (χ2n) is 10.9. The Balaban J connectivity index is 1.58. The molecular formula is C36H39FN8O2. The number of amides is 1. The maximum absolute atomic E-state index is 16.3. The zero-order valence-corrected chi connectivity index (χ0v) is 26.5. The molecule has 0 aliphatic heterocycles. The van der Waals surface area contributed by atoms with Gasteiger partial charge in [0.2, 0.25) is 5.91 Å². The van der Waals surface area contributed by atoms with Crippen LogP contribution in [-0.2, 0) is 17.8 Å². The smallest absolute Gasteiger partial charge is 0.240 e. The van der Waals surface area contributed by atoms with Crippen molar-refractivity contribution >= 4 is 33.9 Å². The van der Waals surface area contributed by atoms with E-state index in [9.17, 15) is 4.79 Å². The normalized spacial score (nSPS) is 12.0. The number of H-pyrrole nitrogens is 1. The van der Waals surface area contributed by atoms with E-state index in [0.29, 0.717) is 41.5 Å². The molecule has 47 heavy (non-hydrogen) atoms. The fourth-order valence-electron chi connectivity index (χ4n) is 5.21. The van der Waals surface area contributed by atoms with E-state index in [1.165, 1.54) is 0 Å². The molecule has 7 N–H and O–H groups in total. The molecule has 0 aliphatic rings. The van der Waals surface area contributed by atoms with Crippen molar-refractivity contribution in [3.63, 3.8) is 0 Å². The van der Waals surface area contributed by atoms with Crippen LogP contribution < -0.4 is 26.8 Å². The van der Waals surface area contributed by atoms with Gasteiger partial charge in [-0.15, -0.1) is 0 Å². The number of hydrogen-bond donors (Lipinski definition) is 5. The Morgan fingerprint density at radius 1 is 1.15 bits per heavy atom. The number of rotatable bonds is 14. The van der Waals surface area contributed by atoms with Gasteiger partial charge in [-0.3, -0.25) is 4.79 Å². The van der Waals surface area contributed by atoms with Crippen LogP contribution in [0, 0.1) is 5.82 Å². The number of ether oxygens (including phenoxy) is 1. The summed E-state index contributed by atoms with van der Waals surface area (Å²) in [5.41, 5.74) is 16.8. The van der Waals surface area contributed by atoms with Crippen LogP contribution in [0.4, 0.5) is 15.9 Å². The number of hydrogen-bond acceptors (Lipinski definition) is 8. The lowest BCUT2D eigenvalue weighted by Crippen LogP contribution is -2.36. The molecule has 1 atom stereocenters. The lowest BCUT2D eigenvalue weighted by atomic mass is 9.97. The van der Waals surface area contributed by atoms with Gasteiger partial charge < -0.3 is 36.7 Å². The standard InChI is InChI=1S/C36H39FN8O2/c1-4-24-15-30(34(37)32(16-24)47-5-2)35(44-27-11-12-29-26(17-27)13-14-41-36(29)39)23(3)45(20-31(38)25-9-7-6-8-10-25)21-33(46)42-19-28-18-40-22-43-28/h6-18,20,22,35,44H,3-5,19,21,38H2,1-2H3,(H2,39,41)(H,40,43)(H,42,46)/b31-20-. The average molecular weight is 635 g/mol. The fourth-order valence-corrected chi connectivity index (χ4v) is 5.21. The first-order valence-corrected chi connectivity index (χ1v) is 15.3. The summed E-state index contributed by atoms with van der Waals surface area (Å²) >= 11 is 0. The molecule has 11 heteroatoms. The number of nitrogens with one attached hydrogen (secondary N) is 3. The number of aromatic nitrogens is 3. The average Bonchev–Trinajstić information content (AvgIpc) is 3.61. The molecule has 0 saturated carbocycles. The monoisotopic (exact) mass is 634 g/mol. The summed E-state index contributed by atoms with van der Waals surface area (Å²) in [6, 6.07) is 19.5. The van der Waals surface area contributed by atoms with Crippen LogP contribution in [0.3, 0.4) is 0 Å². The second kappa shape index (κ2) is 15.0. The Kier molecular flexibility index (Phi) is 10.4. The van der Waals surface area contributed by atoms with Crippen molar-refractivity contribution in [2.24, 2.45) is 5.73 Å². The minimum absolute atomic E-state index is 0.141. The highest BCUT2D eigenvalue weighted by Gasteiger charge is 2.27. The number of aromatic amines is 1. The van der Waals surface area contributed by atoms with Crippen molar-refractivity contribution in [2.75, 3.05) is 24.2 Å². The number of carbonyl (C=O) groups is 1. The summed E-state index contributed by atoms with van der Waals surface area (Å²) in [4.78, 5) is 26.1. The zero-order chi connectivity index (χ0) is 33.3. The van der Waals surface area contributed by atoms with Crippen LogP contribution in [0.1, 0.15) is 42.3 Å². The molecule has 0 bridgehead atoms. The number of aryl methyl sites for hydroxylation is 1. The molecule has 0 spiro atoms. The van der Waals surface area contributed by atoms with Crippen LogP contribution in [-0.4, -0.2) is 38.9 Å². The van der Waals surface area contributed by atoms with Crippen LogP contribution >= 0.6 is 0 Å². The predicted octanol–water partition coefficient (Wildman–Crippen LogP) is 5.88. The molecular weight excluding hydrogens is 595 g/mol. The third-order valence-electron chi connectivity index (χ3n) is 7.70. The zero-order valence-electron chi connectivity index (χ0n) is 26.5. The molecule has 2 aromatic heterocycles. The summed E-state index contributed by atoms with van der Waals surface area (Å²) in [6.07, 6.45) is 7.12. The maximum atomic E-state index is 16.3. The van der Waals surface area contributed by atoms with Gasteiger partial charge in [0, 0.05) is 40.9 Å². The molecule has 5 aromatic rings. The van der Waals surface area contributed by atoms with Gasteiger partial charge >= 0.3 is 0 Å². The van der Waals surface area contributed by atoms with Gasteiger partial charge in [0.05, 0.1) is 36.9 Å². The van der Waals surface area contributed by atoms with Crippen molar-refractivity contribution in [3.05, 3.63) is 132 Å². The molecule has 242 valence electrons. The molecule has 2 heterocycles. The molecule has 3 aromatic carbocycles. The number of nitrogens with two attached hydrogens (primary N) is 2. The van der Waals surface area contributed by atoms with Crippen molar-refractivity contribution in [1.82, 2.24) is 25.2 Å². The summed E-state index contributed by atoms with van der Waals surface area (Å²) in [5.74, 6) is -0.280. The van der Waals surface area contributed by atoms with E-state index in [0.717, 1.165) is 27.6 Å². The number of halogens is 1. The first-order valence-electron chi connectivity index (χ1n) is 15.3. The molecule has 1 amide bonds. The lowest BCUT2D eigenvalue weighted by molar-refractivity contribution is -0.121. The van der Waals surface area contributed by atoms with Crippen molar-refractivity contribution < 1.29 is 13.9 Å². The van der Waals surface area contributed by atoms with Gasteiger partial charge in [-0.2, -0.15) is 0 Å². The number of nitrogens with zero attached hydrogens (tertiary/aromatic N) is 3. The van der Waals surface area contributed by atoms with Crippen molar-refractivity contribution in [2.45, 2.75) is 32.9 Å². The van der Waals surface area contributed by atoms with Gasteiger partial charge in [-0.25, -0.2) is 14.4 Å². The highest BCUT2D eigenvalue weighted by Crippen LogP contribution is 2.36. The predicted molar refractivity (Wildman–Crippen MR) is 184 cm³/mol. The number of pyridine rings is 1. The Labute approximate surface area is 273 Å². The Morgan fingerprint density at radius 3 is 2.68 bits per heavy atom. The highest BCUT2D eigenvalue weighted by atomic mass is 19.1. The summed E-state index contributed by atoms with van der Waals surface area (Å²) in [7, 11) is 0. The number of anilines is 2. The first kappa shape index (κ1) is 32.6. The number of nitrogen functional groups attached to an aromatic ring is 1. The van der Waals surface area contributed by atoms with E-state index in [2.05, 4.69) is 32.2 Å². The lowest BCUT2D eigenvalue weighted by Gasteiger charge is -2.31. The van der Waals surface area contributed by atoms with Gasteiger partial charge in [-0.05, 0) is 60.2 Å². The van der Waals surface area contributed by atoms with Gasteiger partial charge in [-0.1, -0.05) is 49.9 Å². The molecule has 10 nitrogen and oxygen atoms in total. The Bertz CT molecular complexity index is 1880. The van der Waals surface area contributed by atoms with E-state index in [4.69, 9.17) is 16.2 Å². The molecule has 0 aliphatic carbocycles. The third-order valence-corrected chi connectivity index (χ3v) is 7.70. The van der Waals surface area contributed by atoms with Crippen molar-refractivity contribution in [3.8, 4) is 5.75 Å². The van der Waals surface area contributed by atoms with Gasteiger partial charge in [0.25, 0.3) is 0 Å². The molecule has 1 unspecified atom stereocenters. The molecule has 0 fully saturated rings. The second-order valence-corrected chi connectivity index (χ2v) is 10.9.